The lowest BCUT2D eigenvalue weighted by Crippen LogP contribution is -2.07. The van der Waals surface area contributed by atoms with E-state index in [1.54, 1.807) is 6.07 Å². The smallest absolute Gasteiger partial charge is 0.307 e. The lowest BCUT2D eigenvalue weighted by atomic mass is 10.0. The van der Waals surface area contributed by atoms with Crippen molar-refractivity contribution in [1.29, 1.82) is 0 Å². The largest absolute Gasteiger partial charge is 0.490 e. The van der Waals surface area contributed by atoms with Crippen LogP contribution >= 0.6 is 11.6 Å². The van der Waals surface area contributed by atoms with Gasteiger partial charge in [-0.3, -0.25) is 4.79 Å². The molecule has 1 unspecified atom stereocenters. The minimum absolute atomic E-state index is 0.0460. The molecule has 0 aromatic heterocycles. The Balaban J connectivity index is 2.42. The molecular formula is C11H11ClO3. The molecule has 1 heterocycles. The first-order valence-electron chi connectivity index (χ1n) is 4.76. The molecule has 1 N–H and O–H groups in total. The maximum absolute atomic E-state index is 10.7. The molecule has 2 rings (SSSR count). The molecule has 1 atom stereocenters. The van der Waals surface area contributed by atoms with E-state index in [0.29, 0.717) is 16.3 Å². The first-order chi connectivity index (χ1) is 7.06. The molecule has 1 aromatic carbocycles. The highest BCUT2D eigenvalue weighted by Gasteiger charge is 2.23. The van der Waals surface area contributed by atoms with Crippen molar-refractivity contribution >= 4 is 17.6 Å². The summed E-state index contributed by atoms with van der Waals surface area (Å²) < 4.78 is 5.57. The predicted molar refractivity (Wildman–Crippen MR) is 56.6 cm³/mol. The van der Waals surface area contributed by atoms with Crippen LogP contribution in [0.3, 0.4) is 0 Å². The van der Waals surface area contributed by atoms with Crippen LogP contribution in [0.4, 0.5) is 0 Å². The summed E-state index contributed by atoms with van der Waals surface area (Å²) in [5.41, 5.74) is 1.67. The number of hydrogen-bond donors (Lipinski definition) is 1. The maximum atomic E-state index is 10.7. The molecule has 0 spiro atoms. The van der Waals surface area contributed by atoms with Gasteiger partial charge in [0, 0.05) is 17.0 Å². The number of ether oxygens (including phenoxy) is 1. The van der Waals surface area contributed by atoms with Crippen LogP contribution in [0.2, 0.25) is 5.02 Å². The third-order valence-corrected chi connectivity index (χ3v) is 2.59. The number of carboxylic acid groups (broad SMARTS) is 1. The van der Waals surface area contributed by atoms with E-state index < -0.39 is 5.97 Å². The van der Waals surface area contributed by atoms with Crippen molar-refractivity contribution in [2.75, 3.05) is 0 Å². The summed E-state index contributed by atoms with van der Waals surface area (Å²) in [6.07, 6.45) is 0.851. The van der Waals surface area contributed by atoms with E-state index in [2.05, 4.69) is 0 Å². The van der Waals surface area contributed by atoms with E-state index >= 15 is 0 Å². The SMILES string of the molecule is CC1Cc2cc(Cl)cc(CC(=O)O)c2O1. The Labute approximate surface area is 92.6 Å². The molecule has 15 heavy (non-hydrogen) atoms. The molecule has 0 aliphatic carbocycles. The molecule has 1 aliphatic rings. The van der Waals surface area contributed by atoms with Crippen LogP contribution in [0.1, 0.15) is 18.1 Å². The summed E-state index contributed by atoms with van der Waals surface area (Å²) in [7, 11) is 0. The number of halogens is 1. The average Bonchev–Trinajstić information content (AvgIpc) is 2.44. The number of benzene rings is 1. The van der Waals surface area contributed by atoms with Crippen LogP contribution in [-0.4, -0.2) is 17.2 Å². The van der Waals surface area contributed by atoms with Crippen molar-refractivity contribution in [3.05, 3.63) is 28.3 Å². The monoisotopic (exact) mass is 226 g/mol. The summed E-state index contributed by atoms with van der Waals surface area (Å²) in [6, 6.07) is 3.50. The molecule has 1 aliphatic heterocycles. The Kier molecular flexibility index (Phi) is 2.57. The van der Waals surface area contributed by atoms with Gasteiger partial charge in [-0.25, -0.2) is 0 Å². The van der Waals surface area contributed by atoms with E-state index in [1.165, 1.54) is 0 Å². The second-order valence-electron chi connectivity index (χ2n) is 3.76. The fraction of sp³-hybridized carbons (Fsp3) is 0.364. The summed E-state index contributed by atoms with van der Waals surface area (Å²) >= 11 is 5.91. The van der Waals surface area contributed by atoms with Crippen LogP contribution in [0.15, 0.2) is 12.1 Å². The molecule has 0 bridgehead atoms. The van der Waals surface area contributed by atoms with Gasteiger partial charge >= 0.3 is 5.97 Å². The predicted octanol–water partition coefficient (Wildman–Crippen LogP) is 2.29. The zero-order valence-electron chi connectivity index (χ0n) is 8.29. The van der Waals surface area contributed by atoms with Gasteiger partial charge in [-0.2, -0.15) is 0 Å². The maximum Gasteiger partial charge on any atom is 0.307 e. The van der Waals surface area contributed by atoms with Crippen molar-refractivity contribution in [3.8, 4) is 5.75 Å². The molecule has 0 radical (unpaired) electrons. The molecular weight excluding hydrogens is 216 g/mol. The Morgan fingerprint density at radius 3 is 3.07 bits per heavy atom. The topological polar surface area (TPSA) is 46.5 Å². The van der Waals surface area contributed by atoms with Gasteiger partial charge in [-0.1, -0.05) is 11.6 Å². The Bertz CT molecular complexity index is 415. The first kappa shape index (κ1) is 10.3. The van der Waals surface area contributed by atoms with Crippen molar-refractivity contribution in [1.82, 2.24) is 0 Å². The third-order valence-electron chi connectivity index (χ3n) is 2.38. The van der Waals surface area contributed by atoms with E-state index in [0.717, 1.165) is 12.0 Å². The van der Waals surface area contributed by atoms with Crippen molar-refractivity contribution in [2.24, 2.45) is 0 Å². The number of carboxylic acids is 1. The number of hydrogen-bond acceptors (Lipinski definition) is 2. The number of rotatable bonds is 2. The van der Waals surface area contributed by atoms with Gasteiger partial charge in [0.2, 0.25) is 0 Å². The molecule has 3 nitrogen and oxygen atoms in total. The lowest BCUT2D eigenvalue weighted by molar-refractivity contribution is -0.136. The highest BCUT2D eigenvalue weighted by atomic mass is 35.5. The fourth-order valence-electron chi connectivity index (χ4n) is 1.86. The highest BCUT2D eigenvalue weighted by molar-refractivity contribution is 6.30. The zero-order chi connectivity index (χ0) is 11.0. The molecule has 0 saturated carbocycles. The number of aliphatic carboxylic acids is 1. The average molecular weight is 227 g/mol. The lowest BCUT2D eigenvalue weighted by Gasteiger charge is -2.08. The molecule has 0 amide bonds. The van der Waals surface area contributed by atoms with E-state index in [1.807, 2.05) is 13.0 Å². The normalized spacial score (nSPS) is 18.4. The minimum atomic E-state index is -0.873. The van der Waals surface area contributed by atoms with Crippen LogP contribution in [-0.2, 0) is 17.6 Å². The van der Waals surface area contributed by atoms with Crippen molar-refractivity contribution < 1.29 is 14.6 Å². The Hall–Kier alpha value is -1.22. The zero-order valence-corrected chi connectivity index (χ0v) is 9.04. The second-order valence-corrected chi connectivity index (χ2v) is 4.19. The van der Waals surface area contributed by atoms with Crippen LogP contribution in [0, 0.1) is 0 Å². The number of carbonyl (C=O) groups is 1. The van der Waals surface area contributed by atoms with Crippen LogP contribution in [0.25, 0.3) is 0 Å². The first-order valence-corrected chi connectivity index (χ1v) is 5.14. The molecule has 1 aromatic rings. The summed E-state index contributed by atoms with van der Waals surface area (Å²) in [5, 5.41) is 9.33. The van der Waals surface area contributed by atoms with Crippen molar-refractivity contribution in [2.45, 2.75) is 25.9 Å². The minimum Gasteiger partial charge on any atom is -0.490 e. The quantitative estimate of drug-likeness (QED) is 0.842. The van der Waals surface area contributed by atoms with Gasteiger partial charge in [0.05, 0.1) is 6.42 Å². The van der Waals surface area contributed by atoms with Gasteiger partial charge < -0.3 is 9.84 Å². The van der Waals surface area contributed by atoms with Gasteiger partial charge in [-0.15, -0.1) is 0 Å². The van der Waals surface area contributed by atoms with E-state index in [4.69, 9.17) is 21.4 Å². The van der Waals surface area contributed by atoms with Gasteiger partial charge in [-0.05, 0) is 24.6 Å². The summed E-state index contributed by atoms with van der Waals surface area (Å²) in [4.78, 5) is 10.7. The fourth-order valence-corrected chi connectivity index (χ4v) is 2.13. The molecule has 80 valence electrons. The summed E-state index contributed by atoms with van der Waals surface area (Å²) in [6.45, 7) is 1.96. The van der Waals surface area contributed by atoms with Crippen LogP contribution < -0.4 is 4.74 Å². The second kappa shape index (κ2) is 3.74. The van der Waals surface area contributed by atoms with Crippen LogP contribution in [0.5, 0.6) is 5.75 Å². The Morgan fingerprint density at radius 1 is 1.67 bits per heavy atom. The van der Waals surface area contributed by atoms with Gasteiger partial charge in [0.25, 0.3) is 0 Å². The molecule has 0 saturated heterocycles. The summed E-state index contributed by atoms with van der Waals surface area (Å²) in [5.74, 6) is -0.170. The standard InChI is InChI=1S/C11H11ClO3/c1-6-2-7-3-9(12)4-8(5-10(13)14)11(7)15-6/h3-4,6H,2,5H2,1H3,(H,13,14). The number of fused-ring (bicyclic) bond motifs is 1. The van der Waals surface area contributed by atoms with E-state index in [9.17, 15) is 4.79 Å². The Morgan fingerprint density at radius 2 is 2.40 bits per heavy atom. The van der Waals surface area contributed by atoms with Crippen molar-refractivity contribution in [3.63, 3.8) is 0 Å². The molecule has 0 fully saturated rings. The third kappa shape index (κ3) is 2.07. The molecule has 4 heteroatoms. The van der Waals surface area contributed by atoms with Gasteiger partial charge in [0.15, 0.2) is 0 Å². The highest BCUT2D eigenvalue weighted by Crippen LogP contribution is 2.35. The van der Waals surface area contributed by atoms with E-state index in [-0.39, 0.29) is 12.5 Å². The van der Waals surface area contributed by atoms with Gasteiger partial charge in [0.1, 0.15) is 11.9 Å².